The number of nitrogens with one attached hydrogen (secondary N) is 2. The lowest BCUT2D eigenvalue weighted by Gasteiger charge is -2.13. The lowest BCUT2D eigenvalue weighted by molar-refractivity contribution is 0.394. The molecule has 0 saturated carbocycles. The number of H-pyrrole nitrogens is 1. The van der Waals surface area contributed by atoms with Gasteiger partial charge in [0.2, 0.25) is 5.95 Å². The molecule has 0 saturated heterocycles. The summed E-state index contributed by atoms with van der Waals surface area (Å²) in [4.78, 5) is 21.2. The number of rotatable bonds is 9. The summed E-state index contributed by atoms with van der Waals surface area (Å²) in [6.07, 6.45) is 1.58. The number of anilines is 1. The zero-order valence-electron chi connectivity index (χ0n) is 20.3. The molecule has 0 aliphatic carbocycles. The highest BCUT2D eigenvalue weighted by atomic mass is 32.2. The molecule has 0 bridgehead atoms. The summed E-state index contributed by atoms with van der Waals surface area (Å²) in [6.45, 7) is 0. The van der Waals surface area contributed by atoms with Crippen LogP contribution in [0.15, 0.2) is 86.4 Å². The third-order valence-corrected chi connectivity index (χ3v) is 6.39. The minimum absolute atomic E-state index is 0.0728. The van der Waals surface area contributed by atoms with Crippen molar-refractivity contribution in [2.45, 2.75) is 9.79 Å². The minimum atomic E-state index is -0.562. The zero-order chi connectivity index (χ0) is 26.2. The van der Waals surface area contributed by atoms with Crippen LogP contribution in [0, 0.1) is 11.3 Å². The maximum atomic E-state index is 12.5. The normalized spacial score (nSPS) is 10.6. The summed E-state index contributed by atoms with van der Waals surface area (Å²) in [5, 5.41) is 13.8. The Bertz CT molecular complexity index is 1530. The van der Waals surface area contributed by atoms with Gasteiger partial charge in [-0.1, -0.05) is 48.2 Å². The van der Waals surface area contributed by atoms with Crippen molar-refractivity contribution < 1.29 is 14.2 Å². The number of benzene rings is 3. The maximum Gasteiger partial charge on any atom is 0.270 e. The van der Waals surface area contributed by atoms with Crippen LogP contribution >= 0.6 is 11.8 Å². The summed E-state index contributed by atoms with van der Waals surface area (Å²) < 4.78 is 16.4. The Labute approximate surface area is 217 Å². The van der Waals surface area contributed by atoms with Gasteiger partial charge in [0.05, 0.1) is 43.7 Å². The van der Waals surface area contributed by atoms with Crippen LogP contribution in [-0.4, -0.2) is 37.5 Å². The molecule has 0 unspecified atom stereocenters. The molecule has 3 aromatic carbocycles. The second-order valence-electron chi connectivity index (χ2n) is 7.48. The lowest BCUT2D eigenvalue weighted by Crippen LogP contribution is -2.16. The highest BCUT2D eigenvalue weighted by Gasteiger charge is 2.14. The smallest absolute Gasteiger partial charge is 0.270 e. The van der Waals surface area contributed by atoms with E-state index in [1.165, 1.54) is 11.8 Å². The molecule has 0 aliphatic rings. The van der Waals surface area contributed by atoms with Crippen LogP contribution in [0.3, 0.4) is 0 Å². The second kappa shape index (κ2) is 11.8. The number of hydrogen-bond donors (Lipinski definition) is 2. The Balaban J connectivity index is 1.67. The fraction of sp³-hybridized carbons (Fsp3) is 0.111. The van der Waals surface area contributed by atoms with Crippen LogP contribution in [0.5, 0.6) is 17.2 Å². The lowest BCUT2D eigenvalue weighted by atomic mass is 10.1. The number of aromatic nitrogens is 2. The predicted octanol–water partition coefficient (Wildman–Crippen LogP) is 4.93. The molecule has 0 aliphatic heterocycles. The SMILES string of the molecule is COc1ccc(OC)c(Sc2cccc(OC)c2C=NNc2nc(-c3ccccc3)c(C#N)c(=O)[nH]2)c1. The first-order valence-corrected chi connectivity index (χ1v) is 11.9. The van der Waals surface area contributed by atoms with Crippen molar-refractivity contribution in [2.24, 2.45) is 5.10 Å². The van der Waals surface area contributed by atoms with Gasteiger partial charge in [-0.25, -0.2) is 10.4 Å². The van der Waals surface area contributed by atoms with Crippen molar-refractivity contribution in [1.29, 1.82) is 5.26 Å². The molecule has 0 atom stereocenters. The van der Waals surface area contributed by atoms with Gasteiger partial charge in [-0.2, -0.15) is 10.4 Å². The second-order valence-corrected chi connectivity index (χ2v) is 8.56. The number of hydrogen-bond acceptors (Lipinski definition) is 9. The first-order chi connectivity index (χ1) is 18.1. The van der Waals surface area contributed by atoms with Crippen molar-refractivity contribution in [3.8, 4) is 34.6 Å². The summed E-state index contributed by atoms with van der Waals surface area (Å²) in [5.74, 6) is 2.09. The molecule has 0 amide bonds. The molecule has 2 N–H and O–H groups in total. The van der Waals surface area contributed by atoms with Crippen LogP contribution in [0.2, 0.25) is 0 Å². The Hall–Kier alpha value is -4.75. The van der Waals surface area contributed by atoms with Crippen LogP contribution < -0.4 is 25.2 Å². The Kier molecular flexibility index (Phi) is 8.08. The quantitative estimate of drug-likeness (QED) is 0.239. The number of nitriles is 1. The van der Waals surface area contributed by atoms with E-state index in [0.29, 0.717) is 28.4 Å². The topological polar surface area (TPSA) is 122 Å². The van der Waals surface area contributed by atoms with Crippen molar-refractivity contribution in [2.75, 3.05) is 26.8 Å². The summed E-state index contributed by atoms with van der Waals surface area (Å²) >= 11 is 1.46. The van der Waals surface area contributed by atoms with Crippen molar-refractivity contribution in [3.05, 3.63) is 88.2 Å². The fourth-order valence-electron chi connectivity index (χ4n) is 3.49. The van der Waals surface area contributed by atoms with E-state index in [9.17, 15) is 10.1 Å². The van der Waals surface area contributed by atoms with E-state index in [-0.39, 0.29) is 17.2 Å². The van der Waals surface area contributed by atoms with Gasteiger partial charge in [-0.05, 0) is 30.3 Å². The molecule has 4 rings (SSSR count). The van der Waals surface area contributed by atoms with E-state index in [4.69, 9.17) is 14.2 Å². The Morgan fingerprint density at radius 3 is 2.46 bits per heavy atom. The van der Waals surface area contributed by atoms with Crippen molar-refractivity contribution >= 4 is 23.9 Å². The Morgan fingerprint density at radius 1 is 0.973 bits per heavy atom. The largest absolute Gasteiger partial charge is 0.497 e. The van der Waals surface area contributed by atoms with Gasteiger partial charge in [0.15, 0.2) is 0 Å². The monoisotopic (exact) mass is 513 g/mol. The first kappa shape index (κ1) is 25.3. The molecule has 1 heterocycles. The van der Waals surface area contributed by atoms with Crippen molar-refractivity contribution in [1.82, 2.24) is 9.97 Å². The zero-order valence-corrected chi connectivity index (χ0v) is 21.1. The van der Waals surface area contributed by atoms with Crippen LogP contribution in [0.25, 0.3) is 11.3 Å². The Morgan fingerprint density at radius 2 is 1.76 bits per heavy atom. The average molecular weight is 514 g/mol. The molecule has 9 nitrogen and oxygen atoms in total. The molecule has 1 aromatic heterocycles. The molecule has 37 heavy (non-hydrogen) atoms. The third-order valence-electron chi connectivity index (χ3n) is 5.28. The van der Waals surface area contributed by atoms with Gasteiger partial charge in [0.1, 0.15) is 28.9 Å². The number of aromatic amines is 1. The van der Waals surface area contributed by atoms with Crippen LogP contribution in [0.1, 0.15) is 11.1 Å². The molecule has 0 spiro atoms. The van der Waals surface area contributed by atoms with Gasteiger partial charge in [-0.3, -0.25) is 9.78 Å². The van der Waals surface area contributed by atoms with E-state index in [1.807, 2.05) is 60.7 Å². The van der Waals surface area contributed by atoms with Crippen molar-refractivity contribution in [3.63, 3.8) is 0 Å². The average Bonchev–Trinajstić information content (AvgIpc) is 2.93. The molecular weight excluding hydrogens is 490 g/mol. The third kappa shape index (κ3) is 5.74. The minimum Gasteiger partial charge on any atom is -0.497 e. The van der Waals surface area contributed by atoms with E-state index in [1.54, 1.807) is 39.7 Å². The predicted molar refractivity (Wildman–Crippen MR) is 143 cm³/mol. The van der Waals surface area contributed by atoms with Gasteiger partial charge < -0.3 is 14.2 Å². The standard InChI is InChI=1S/C27H23N5O4S/c1-34-18-12-13-22(36-3)24(14-18)37-23-11-7-10-21(35-2)20(23)16-29-32-27-30-25(17-8-5-4-6-9-17)19(15-28)26(33)31-27/h4-14,16H,1-3H3,(H2,30,31,32,33). The molecule has 4 aromatic rings. The van der Waals surface area contributed by atoms with Gasteiger partial charge in [0, 0.05) is 10.5 Å². The number of hydrazone groups is 1. The molecule has 0 fully saturated rings. The molecule has 0 radical (unpaired) electrons. The first-order valence-electron chi connectivity index (χ1n) is 11.0. The van der Waals surface area contributed by atoms with Gasteiger partial charge in [0.25, 0.3) is 5.56 Å². The van der Waals surface area contributed by atoms with Crippen LogP contribution in [-0.2, 0) is 0 Å². The summed E-state index contributed by atoms with van der Waals surface area (Å²) in [7, 11) is 4.79. The van der Waals surface area contributed by atoms with Gasteiger partial charge in [-0.15, -0.1) is 0 Å². The summed E-state index contributed by atoms with van der Waals surface area (Å²) in [6, 6.07) is 22.1. The molecule has 186 valence electrons. The molecular formula is C27H23N5O4S. The summed E-state index contributed by atoms with van der Waals surface area (Å²) in [5.41, 5.74) is 3.74. The van der Waals surface area contributed by atoms with E-state index in [2.05, 4.69) is 20.5 Å². The van der Waals surface area contributed by atoms with Gasteiger partial charge >= 0.3 is 0 Å². The van der Waals surface area contributed by atoms with E-state index < -0.39 is 5.56 Å². The number of nitrogens with zero attached hydrogens (tertiary/aromatic N) is 3. The number of ether oxygens (including phenoxy) is 3. The van der Waals surface area contributed by atoms with Crippen LogP contribution in [0.4, 0.5) is 5.95 Å². The highest BCUT2D eigenvalue weighted by molar-refractivity contribution is 7.99. The maximum absolute atomic E-state index is 12.5. The number of methoxy groups -OCH3 is 3. The fourth-order valence-corrected chi connectivity index (χ4v) is 4.57. The molecule has 10 heteroatoms. The van der Waals surface area contributed by atoms with E-state index >= 15 is 0 Å². The van der Waals surface area contributed by atoms with E-state index in [0.717, 1.165) is 9.79 Å². The highest BCUT2D eigenvalue weighted by Crippen LogP contribution is 2.40.